The molecule has 3 heteroatoms. The first-order chi connectivity index (χ1) is 6.70. The molecule has 0 fully saturated rings. The highest BCUT2D eigenvalue weighted by molar-refractivity contribution is 6.31. The van der Waals surface area contributed by atoms with Crippen LogP contribution >= 0.6 is 11.6 Å². The van der Waals surface area contributed by atoms with E-state index in [9.17, 15) is 0 Å². The lowest BCUT2D eigenvalue weighted by Gasteiger charge is -2.03. The molecule has 2 aromatic rings. The average molecular weight is 207 g/mol. The van der Waals surface area contributed by atoms with Crippen LogP contribution in [0.4, 0.5) is 0 Å². The third kappa shape index (κ3) is 1.58. The monoisotopic (exact) mass is 206 g/mol. The zero-order chi connectivity index (χ0) is 10.1. The van der Waals surface area contributed by atoms with Gasteiger partial charge in [0.2, 0.25) is 0 Å². The molecule has 0 aliphatic heterocycles. The highest BCUT2D eigenvalue weighted by Crippen LogP contribution is 2.20. The van der Waals surface area contributed by atoms with Crippen LogP contribution in [0.25, 0.3) is 10.9 Å². The molecule has 2 nitrogen and oxygen atoms in total. The van der Waals surface area contributed by atoms with E-state index in [1.807, 2.05) is 25.1 Å². The van der Waals surface area contributed by atoms with Crippen molar-refractivity contribution >= 4 is 22.5 Å². The zero-order valence-electron chi connectivity index (χ0n) is 8.21. The van der Waals surface area contributed by atoms with E-state index in [1.165, 1.54) is 0 Å². The molecule has 0 spiro atoms. The smallest absolute Gasteiger partial charge is 0.129 e. The molecule has 0 aliphatic rings. The fourth-order valence-corrected chi connectivity index (χ4v) is 1.64. The van der Waals surface area contributed by atoms with Crippen molar-refractivity contribution < 1.29 is 0 Å². The highest BCUT2D eigenvalue weighted by Gasteiger charge is 2.03. The maximum atomic E-state index is 5.91. The van der Waals surface area contributed by atoms with E-state index in [-0.39, 0.29) is 0 Å². The van der Waals surface area contributed by atoms with Gasteiger partial charge < -0.3 is 0 Å². The number of benzene rings is 1. The Hall–Kier alpha value is -1.15. The van der Waals surface area contributed by atoms with Gasteiger partial charge in [-0.25, -0.2) is 9.97 Å². The Bertz CT molecular complexity index is 480. The van der Waals surface area contributed by atoms with Crippen LogP contribution in [0.2, 0.25) is 5.02 Å². The molecule has 1 aromatic carbocycles. The molecule has 0 saturated carbocycles. The Morgan fingerprint density at radius 3 is 2.79 bits per heavy atom. The summed E-state index contributed by atoms with van der Waals surface area (Å²) >= 11 is 5.91. The second-order valence-corrected chi connectivity index (χ2v) is 3.68. The zero-order valence-corrected chi connectivity index (χ0v) is 8.97. The summed E-state index contributed by atoms with van der Waals surface area (Å²) in [5, 5.41) is 1.77. The summed E-state index contributed by atoms with van der Waals surface area (Å²) in [7, 11) is 0. The van der Waals surface area contributed by atoms with Gasteiger partial charge in [0.25, 0.3) is 0 Å². The molecule has 0 aliphatic carbocycles. The van der Waals surface area contributed by atoms with Gasteiger partial charge in [0, 0.05) is 22.5 Å². The number of nitrogens with zero attached hydrogens (tertiary/aromatic N) is 2. The van der Waals surface area contributed by atoms with E-state index >= 15 is 0 Å². The van der Waals surface area contributed by atoms with Crippen molar-refractivity contribution in [2.45, 2.75) is 20.3 Å². The Morgan fingerprint density at radius 2 is 2.07 bits per heavy atom. The first kappa shape index (κ1) is 9.41. The van der Waals surface area contributed by atoms with Crippen LogP contribution in [-0.4, -0.2) is 9.97 Å². The van der Waals surface area contributed by atoms with Gasteiger partial charge in [-0.2, -0.15) is 0 Å². The number of rotatable bonds is 1. The normalized spacial score (nSPS) is 10.8. The summed E-state index contributed by atoms with van der Waals surface area (Å²) in [5.41, 5.74) is 1.97. The Kier molecular flexibility index (Phi) is 2.38. The van der Waals surface area contributed by atoms with E-state index in [0.717, 1.165) is 33.9 Å². The minimum absolute atomic E-state index is 0.730. The molecule has 0 N–H and O–H groups in total. The van der Waals surface area contributed by atoms with E-state index in [0.29, 0.717) is 0 Å². The number of halogens is 1. The summed E-state index contributed by atoms with van der Waals surface area (Å²) in [5.74, 6) is 0.886. The molecule has 2 rings (SSSR count). The third-order valence-corrected chi connectivity index (χ3v) is 2.45. The number of hydrogen-bond acceptors (Lipinski definition) is 2. The van der Waals surface area contributed by atoms with Gasteiger partial charge in [-0.3, -0.25) is 0 Å². The van der Waals surface area contributed by atoms with Crippen molar-refractivity contribution in [2.75, 3.05) is 0 Å². The number of hydrogen-bond donors (Lipinski definition) is 0. The fourth-order valence-electron chi connectivity index (χ4n) is 1.47. The minimum Gasteiger partial charge on any atom is -0.238 e. The maximum absolute atomic E-state index is 5.91. The SMILES string of the molecule is CCc1nc(C)c2cc(Cl)ccc2n1. The predicted molar refractivity (Wildman–Crippen MR) is 58.7 cm³/mol. The van der Waals surface area contributed by atoms with Crippen LogP contribution in [0.1, 0.15) is 18.4 Å². The van der Waals surface area contributed by atoms with Gasteiger partial charge in [0.05, 0.1) is 5.52 Å². The average Bonchev–Trinajstić information content (AvgIpc) is 2.19. The van der Waals surface area contributed by atoms with Gasteiger partial charge in [0.15, 0.2) is 0 Å². The summed E-state index contributed by atoms with van der Waals surface area (Å²) in [6.45, 7) is 4.04. The fraction of sp³-hybridized carbons (Fsp3) is 0.273. The summed E-state index contributed by atoms with van der Waals surface area (Å²) < 4.78 is 0. The summed E-state index contributed by atoms with van der Waals surface area (Å²) in [6.07, 6.45) is 0.861. The topological polar surface area (TPSA) is 25.8 Å². The number of aromatic nitrogens is 2. The molecule has 72 valence electrons. The van der Waals surface area contributed by atoms with Crippen molar-refractivity contribution in [1.29, 1.82) is 0 Å². The molecule has 0 amide bonds. The second-order valence-electron chi connectivity index (χ2n) is 3.24. The van der Waals surface area contributed by atoms with Crippen molar-refractivity contribution in [2.24, 2.45) is 0 Å². The molecular formula is C11H11ClN2. The molecule has 0 atom stereocenters. The Morgan fingerprint density at radius 1 is 1.29 bits per heavy atom. The first-order valence-electron chi connectivity index (χ1n) is 4.63. The number of fused-ring (bicyclic) bond motifs is 1. The highest BCUT2D eigenvalue weighted by atomic mass is 35.5. The van der Waals surface area contributed by atoms with E-state index in [2.05, 4.69) is 16.9 Å². The van der Waals surface area contributed by atoms with E-state index in [1.54, 1.807) is 0 Å². The van der Waals surface area contributed by atoms with Crippen molar-refractivity contribution in [1.82, 2.24) is 9.97 Å². The quantitative estimate of drug-likeness (QED) is 0.717. The van der Waals surface area contributed by atoms with Crippen LogP contribution in [0.15, 0.2) is 18.2 Å². The molecule has 0 unspecified atom stereocenters. The lowest BCUT2D eigenvalue weighted by atomic mass is 10.2. The van der Waals surface area contributed by atoms with Crippen LogP contribution in [0, 0.1) is 6.92 Å². The van der Waals surface area contributed by atoms with Crippen LogP contribution < -0.4 is 0 Å². The predicted octanol–water partition coefficient (Wildman–Crippen LogP) is 3.15. The van der Waals surface area contributed by atoms with Gasteiger partial charge in [-0.1, -0.05) is 18.5 Å². The first-order valence-corrected chi connectivity index (χ1v) is 5.01. The lowest BCUT2D eigenvalue weighted by Crippen LogP contribution is -1.96. The van der Waals surface area contributed by atoms with Crippen LogP contribution in [0.5, 0.6) is 0 Å². The molecular weight excluding hydrogens is 196 g/mol. The van der Waals surface area contributed by atoms with E-state index < -0.39 is 0 Å². The maximum Gasteiger partial charge on any atom is 0.129 e. The minimum atomic E-state index is 0.730. The van der Waals surface area contributed by atoms with Crippen LogP contribution in [0.3, 0.4) is 0 Å². The van der Waals surface area contributed by atoms with Gasteiger partial charge in [-0.05, 0) is 25.1 Å². The Balaban J connectivity index is 2.76. The largest absolute Gasteiger partial charge is 0.238 e. The number of aryl methyl sites for hydroxylation is 2. The van der Waals surface area contributed by atoms with E-state index in [4.69, 9.17) is 11.6 Å². The summed E-state index contributed by atoms with van der Waals surface area (Å²) in [6, 6.07) is 5.70. The van der Waals surface area contributed by atoms with Gasteiger partial charge >= 0.3 is 0 Å². The Labute approximate surface area is 88.0 Å². The molecule has 0 saturated heterocycles. The standard InChI is InChI=1S/C11H11ClN2/c1-3-11-13-7(2)9-6-8(12)4-5-10(9)14-11/h4-6H,3H2,1-2H3. The molecule has 14 heavy (non-hydrogen) atoms. The van der Waals surface area contributed by atoms with Crippen molar-refractivity contribution in [3.05, 3.63) is 34.7 Å². The van der Waals surface area contributed by atoms with Crippen molar-refractivity contribution in [3.8, 4) is 0 Å². The summed E-state index contributed by atoms with van der Waals surface area (Å²) in [4.78, 5) is 8.82. The third-order valence-electron chi connectivity index (χ3n) is 2.21. The molecule has 1 heterocycles. The van der Waals surface area contributed by atoms with Crippen LogP contribution in [-0.2, 0) is 6.42 Å². The van der Waals surface area contributed by atoms with Gasteiger partial charge in [-0.15, -0.1) is 0 Å². The molecule has 1 aromatic heterocycles. The lowest BCUT2D eigenvalue weighted by molar-refractivity contribution is 0.941. The molecule has 0 bridgehead atoms. The van der Waals surface area contributed by atoms with Gasteiger partial charge in [0.1, 0.15) is 5.82 Å². The second kappa shape index (κ2) is 3.54. The molecule has 0 radical (unpaired) electrons. The van der Waals surface area contributed by atoms with Crippen molar-refractivity contribution in [3.63, 3.8) is 0 Å².